The van der Waals surface area contributed by atoms with Crippen molar-refractivity contribution >= 4 is 5.97 Å². The molecule has 0 radical (unpaired) electrons. The number of rotatable bonds is 11. The zero-order chi connectivity index (χ0) is 27.1. The number of benzene rings is 4. The first-order valence-electron chi connectivity index (χ1n) is 12.4. The third kappa shape index (κ3) is 6.70. The minimum Gasteiger partial charge on any atom is -0.508 e. The summed E-state index contributed by atoms with van der Waals surface area (Å²) in [4.78, 5) is 11.7. The lowest BCUT2D eigenvalue weighted by molar-refractivity contribution is 0.0694. The van der Waals surface area contributed by atoms with Gasteiger partial charge in [-0.3, -0.25) is 0 Å². The largest absolute Gasteiger partial charge is 0.508 e. The van der Waals surface area contributed by atoms with Crippen LogP contribution in [0.1, 0.15) is 34.5 Å². The zero-order valence-corrected chi connectivity index (χ0v) is 21.3. The SMILES string of the molecule is Cc1cc(-c2ccc(C(=O)O)c(Oc3ccccc3)c2)ccc1OCCN[C@@H](C)[C@H](O)c1ccc(O)cc1. The van der Waals surface area contributed by atoms with Gasteiger partial charge in [-0.1, -0.05) is 42.5 Å². The lowest BCUT2D eigenvalue weighted by atomic mass is 10.0. The lowest BCUT2D eigenvalue weighted by Gasteiger charge is -2.21. The maximum Gasteiger partial charge on any atom is 0.339 e. The van der Waals surface area contributed by atoms with Gasteiger partial charge in [0.25, 0.3) is 0 Å². The molecular formula is C31H31NO6. The molecule has 4 aromatic carbocycles. The molecule has 2 atom stereocenters. The van der Waals surface area contributed by atoms with Gasteiger partial charge in [0.15, 0.2) is 0 Å². The van der Waals surface area contributed by atoms with Gasteiger partial charge >= 0.3 is 5.97 Å². The minimum absolute atomic E-state index is 0.0894. The third-order valence-corrected chi connectivity index (χ3v) is 6.23. The topological polar surface area (TPSA) is 108 Å². The van der Waals surface area contributed by atoms with E-state index in [-0.39, 0.29) is 23.1 Å². The summed E-state index contributed by atoms with van der Waals surface area (Å²) < 4.78 is 11.8. The number of aromatic carboxylic acids is 1. The fourth-order valence-corrected chi connectivity index (χ4v) is 4.09. The molecule has 0 amide bonds. The Kier molecular flexibility index (Phi) is 8.63. The van der Waals surface area contributed by atoms with Gasteiger partial charge in [-0.05, 0) is 84.6 Å². The molecule has 4 aromatic rings. The number of phenolic OH excluding ortho intramolecular Hbond substituents is 1. The van der Waals surface area contributed by atoms with Gasteiger partial charge in [-0.15, -0.1) is 0 Å². The number of phenols is 1. The van der Waals surface area contributed by atoms with E-state index in [1.54, 1.807) is 54.6 Å². The normalized spacial score (nSPS) is 12.5. The van der Waals surface area contributed by atoms with Crippen molar-refractivity contribution in [3.05, 3.63) is 108 Å². The number of nitrogens with one attached hydrogen (secondary N) is 1. The van der Waals surface area contributed by atoms with Gasteiger partial charge in [-0.25, -0.2) is 4.79 Å². The highest BCUT2D eigenvalue weighted by Gasteiger charge is 2.16. The van der Waals surface area contributed by atoms with Crippen LogP contribution in [0.15, 0.2) is 91.0 Å². The van der Waals surface area contributed by atoms with Crippen LogP contribution in [0.5, 0.6) is 23.0 Å². The van der Waals surface area contributed by atoms with E-state index in [1.807, 2.05) is 50.2 Å². The van der Waals surface area contributed by atoms with Crippen molar-refractivity contribution in [1.82, 2.24) is 5.32 Å². The van der Waals surface area contributed by atoms with Crippen molar-refractivity contribution in [1.29, 1.82) is 0 Å². The maximum absolute atomic E-state index is 11.7. The first kappa shape index (κ1) is 26.7. The van der Waals surface area contributed by atoms with Crippen molar-refractivity contribution in [2.45, 2.75) is 26.0 Å². The molecule has 0 bridgehead atoms. The van der Waals surface area contributed by atoms with E-state index in [0.29, 0.717) is 18.9 Å². The number of carboxylic acids is 1. The van der Waals surface area contributed by atoms with Gasteiger partial charge < -0.3 is 30.1 Å². The number of hydrogen-bond donors (Lipinski definition) is 4. The number of aryl methyl sites for hydroxylation is 1. The van der Waals surface area contributed by atoms with Crippen molar-refractivity contribution in [2.75, 3.05) is 13.2 Å². The van der Waals surface area contributed by atoms with Gasteiger partial charge in [0.05, 0.1) is 6.10 Å². The molecule has 0 aliphatic rings. The standard InChI is InChI=1S/C31H31NO6/c1-20-18-23(24-10-14-27(31(35)36)29(19-24)38-26-6-4-3-5-7-26)11-15-28(20)37-17-16-32-21(2)30(34)22-8-12-25(33)13-9-22/h3-15,18-19,21,30,32-34H,16-17H2,1-2H3,(H,35,36)/t21-,30-/m0/s1. The smallest absolute Gasteiger partial charge is 0.339 e. The zero-order valence-electron chi connectivity index (χ0n) is 21.3. The quantitative estimate of drug-likeness (QED) is 0.184. The fourth-order valence-electron chi connectivity index (χ4n) is 4.09. The predicted molar refractivity (Wildman–Crippen MR) is 146 cm³/mol. The van der Waals surface area contributed by atoms with E-state index in [0.717, 1.165) is 28.0 Å². The van der Waals surface area contributed by atoms with Crippen molar-refractivity contribution in [2.24, 2.45) is 0 Å². The third-order valence-electron chi connectivity index (χ3n) is 6.23. The molecular weight excluding hydrogens is 482 g/mol. The molecule has 0 saturated heterocycles. The van der Waals surface area contributed by atoms with E-state index in [9.17, 15) is 20.1 Å². The van der Waals surface area contributed by atoms with Crippen LogP contribution in [0.4, 0.5) is 0 Å². The Hall–Kier alpha value is -4.33. The summed E-state index contributed by atoms with van der Waals surface area (Å²) in [6.07, 6.45) is -0.708. The molecule has 0 saturated carbocycles. The Morgan fingerprint density at radius 3 is 2.26 bits per heavy atom. The number of aliphatic hydroxyl groups excluding tert-OH is 1. The number of para-hydroxylation sites is 1. The maximum atomic E-state index is 11.7. The second-order valence-electron chi connectivity index (χ2n) is 9.04. The summed E-state index contributed by atoms with van der Waals surface area (Å²) in [7, 11) is 0. The highest BCUT2D eigenvalue weighted by atomic mass is 16.5. The summed E-state index contributed by atoms with van der Waals surface area (Å²) in [6, 6.07) is 26.2. The summed E-state index contributed by atoms with van der Waals surface area (Å²) >= 11 is 0. The van der Waals surface area contributed by atoms with Crippen LogP contribution in [-0.4, -0.2) is 40.5 Å². The molecule has 38 heavy (non-hydrogen) atoms. The Bertz CT molecular complexity index is 1370. The van der Waals surface area contributed by atoms with E-state index >= 15 is 0 Å². The van der Waals surface area contributed by atoms with Gasteiger partial charge in [0, 0.05) is 12.6 Å². The average molecular weight is 514 g/mol. The Labute approximate surface area is 221 Å². The average Bonchev–Trinajstić information content (AvgIpc) is 2.92. The molecule has 0 aliphatic heterocycles. The number of carboxylic acid groups (broad SMARTS) is 1. The van der Waals surface area contributed by atoms with E-state index in [2.05, 4.69) is 5.32 Å². The first-order valence-corrected chi connectivity index (χ1v) is 12.4. The molecule has 7 nitrogen and oxygen atoms in total. The molecule has 0 aromatic heterocycles. The van der Waals surface area contributed by atoms with Crippen LogP contribution in [0.25, 0.3) is 11.1 Å². The van der Waals surface area contributed by atoms with Crippen LogP contribution in [0.3, 0.4) is 0 Å². The summed E-state index contributed by atoms with van der Waals surface area (Å²) in [5, 5.41) is 32.8. The van der Waals surface area contributed by atoms with Gasteiger partial charge in [0.1, 0.15) is 35.2 Å². The second-order valence-corrected chi connectivity index (χ2v) is 9.04. The van der Waals surface area contributed by atoms with E-state index < -0.39 is 12.1 Å². The van der Waals surface area contributed by atoms with Crippen molar-refractivity contribution in [3.63, 3.8) is 0 Å². The number of aliphatic hydroxyl groups is 1. The van der Waals surface area contributed by atoms with Crippen LogP contribution in [0, 0.1) is 6.92 Å². The highest BCUT2D eigenvalue weighted by molar-refractivity contribution is 5.92. The van der Waals surface area contributed by atoms with Crippen LogP contribution >= 0.6 is 0 Å². The molecule has 4 rings (SSSR count). The van der Waals surface area contributed by atoms with Crippen LogP contribution in [-0.2, 0) is 0 Å². The summed E-state index contributed by atoms with van der Waals surface area (Å²) in [5.74, 6) is 0.681. The minimum atomic E-state index is -1.05. The molecule has 0 heterocycles. The van der Waals surface area contributed by atoms with Crippen LogP contribution < -0.4 is 14.8 Å². The van der Waals surface area contributed by atoms with Crippen molar-refractivity contribution in [3.8, 4) is 34.1 Å². The molecule has 0 aliphatic carbocycles. The van der Waals surface area contributed by atoms with Gasteiger partial charge in [-0.2, -0.15) is 0 Å². The van der Waals surface area contributed by atoms with E-state index in [4.69, 9.17) is 9.47 Å². The summed E-state index contributed by atoms with van der Waals surface area (Å²) in [6.45, 7) is 4.79. The monoisotopic (exact) mass is 513 g/mol. The van der Waals surface area contributed by atoms with E-state index in [1.165, 1.54) is 0 Å². The molecule has 0 spiro atoms. The van der Waals surface area contributed by atoms with Crippen LogP contribution in [0.2, 0.25) is 0 Å². The molecule has 7 heteroatoms. The van der Waals surface area contributed by atoms with Crippen molar-refractivity contribution < 1.29 is 29.6 Å². The Balaban J connectivity index is 1.38. The lowest BCUT2D eigenvalue weighted by Crippen LogP contribution is -2.35. The number of carbonyl (C=O) groups is 1. The molecule has 196 valence electrons. The fraction of sp³-hybridized carbons (Fsp3) is 0.194. The predicted octanol–water partition coefficient (Wildman–Crippen LogP) is 5.95. The Morgan fingerprint density at radius 2 is 1.58 bits per heavy atom. The molecule has 0 fully saturated rings. The first-order chi connectivity index (χ1) is 18.3. The number of hydrogen-bond acceptors (Lipinski definition) is 6. The highest BCUT2D eigenvalue weighted by Crippen LogP contribution is 2.33. The molecule has 0 unspecified atom stereocenters. The number of aromatic hydroxyl groups is 1. The Morgan fingerprint density at radius 1 is 0.895 bits per heavy atom. The summed E-state index contributed by atoms with van der Waals surface area (Å²) in [5.41, 5.74) is 3.49. The second kappa shape index (κ2) is 12.3. The molecule has 4 N–H and O–H groups in total. The van der Waals surface area contributed by atoms with Gasteiger partial charge in [0.2, 0.25) is 0 Å². The number of ether oxygens (including phenoxy) is 2.